The quantitative estimate of drug-likeness (QED) is 0.605. The monoisotopic (exact) mass is 445 g/mol. The number of thiophene rings is 1. The molecule has 1 aliphatic rings. The molecule has 0 unspecified atom stereocenters. The van der Waals surface area contributed by atoms with Crippen molar-refractivity contribution in [2.24, 2.45) is 5.92 Å². The molecule has 0 bridgehead atoms. The Morgan fingerprint density at radius 1 is 1.17 bits per heavy atom. The fourth-order valence-corrected chi connectivity index (χ4v) is 5.12. The highest BCUT2D eigenvalue weighted by Gasteiger charge is 2.28. The van der Waals surface area contributed by atoms with Gasteiger partial charge in [0.2, 0.25) is 5.91 Å². The second kappa shape index (κ2) is 9.07. The summed E-state index contributed by atoms with van der Waals surface area (Å²) < 4.78 is 0. The van der Waals surface area contributed by atoms with Crippen molar-refractivity contribution in [3.05, 3.63) is 68.3 Å². The fourth-order valence-electron chi connectivity index (χ4n) is 3.38. The lowest BCUT2D eigenvalue weighted by Gasteiger charge is -2.30. The number of halogens is 1. The Bertz CT molecular complexity index is 995. The number of benzene rings is 1. The molecule has 29 heavy (non-hydrogen) atoms. The minimum Gasteiger partial charge on any atom is -0.338 e. The van der Waals surface area contributed by atoms with Crippen molar-refractivity contribution in [2.75, 3.05) is 18.4 Å². The van der Waals surface area contributed by atoms with Gasteiger partial charge in [0.1, 0.15) is 0 Å². The first-order chi connectivity index (χ1) is 14.1. The highest BCUT2D eigenvalue weighted by Crippen LogP contribution is 2.26. The van der Waals surface area contributed by atoms with Gasteiger partial charge in [-0.15, -0.1) is 22.7 Å². The number of likely N-dealkylation sites (tertiary alicyclic amines) is 1. The molecule has 3 heterocycles. The van der Waals surface area contributed by atoms with E-state index < -0.39 is 0 Å². The molecule has 2 amide bonds. The normalized spacial score (nSPS) is 14.7. The van der Waals surface area contributed by atoms with Crippen LogP contribution in [0.5, 0.6) is 0 Å². The number of thiazole rings is 1. The number of amides is 2. The van der Waals surface area contributed by atoms with E-state index in [-0.39, 0.29) is 17.7 Å². The lowest BCUT2D eigenvalue weighted by molar-refractivity contribution is -0.121. The molecule has 8 heteroatoms. The lowest BCUT2D eigenvalue weighted by Crippen LogP contribution is -2.41. The molecule has 0 aliphatic carbocycles. The first kappa shape index (κ1) is 20.1. The van der Waals surface area contributed by atoms with Crippen LogP contribution in [0.2, 0.25) is 5.02 Å². The Labute approximate surface area is 182 Å². The summed E-state index contributed by atoms with van der Waals surface area (Å²) in [6.07, 6.45) is 3.81. The van der Waals surface area contributed by atoms with Crippen molar-refractivity contribution < 1.29 is 9.59 Å². The molecule has 1 saturated heterocycles. The summed E-state index contributed by atoms with van der Waals surface area (Å²) in [4.78, 5) is 33.0. The lowest BCUT2D eigenvalue weighted by atomic mass is 9.96. The third-order valence-electron chi connectivity index (χ3n) is 4.99. The summed E-state index contributed by atoms with van der Waals surface area (Å²) in [5.74, 6) is -0.0619. The van der Waals surface area contributed by atoms with Crippen LogP contribution >= 0.6 is 34.3 Å². The first-order valence-corrected chi connectivity index (χ1v) is 11.5. The third-order valence-corrected chi connectivity index (χ3v) is 7.13. The second-order valence-corrected chi connectivity index (χ2v) is 9.40. The van der Waals surface area contributed by atoms with E-state index in [9.17, 15) is 9.59 Å². The van der Waals surface area contributed by atoms with Crippen molar-refractivity contribution in [3.8, 4) is 0 Å². The molecule has 5 nitrogen and oxygen atoms in total. The van der Waals surface area contributed by atoms with Gasteiger partial charge in [0.15, 0.2) is 5.13 Å². The zero-order chi connectivity index (χ0) is 20.2. The van der Waals surface area contributed by atoms with Crippen molar-refractivity contribution in [1.29, 1.82) is 0 Å². The zero-order valence-corrected chi connectivity index (χ0v) is 18.0. The van der Waals surface area contributed by atoms with Gasteiger partial charge in [-0.25, -0.2) is 4.98 Å². The van der Waals surface area contributed by atoms with E-state index >= 15 is 0 Å². The SMILES string of the molecule is O=C(Nc1ncc(Cc2ccccc2Cl)s1)C1CCN(C(=O)c2cccs2)CC1. The molecule has 4 rings (SSSR count). The summed E-state index contributed by atoms with van der Waals surface area (Å²) in [7, 11) is 0. The maximum absolute atomic E-state index is 12.6. The Kier molecular flexibility index (Phi) is 6.28. The first-order valence-electron chi connectivity index (χ1n) is 9.42. The largest absolute Gasteiger partial charge is 0.338 e. The van der Waals surface area contributed by atoms with E-state index in [1.54, 1.807) is 6.20 Å². The van der Waals surface area contributed by atoms with E-state index in [0.29, 0.717) is 37.5 Å². The van der Waals surface area contributed by atoms with Crippen LogP contribution in [0.1, 0.15) is 33.0 Å². The van der Waals surface area contributed by atoms with Crippen LogP contribution in [0.4, 0.5) is 5.13 Å². The molecular formula is C21H20ClN3O2S2. The molecular weight excluding hydrogens is 426 g/mol. The van der Waals surface area contributed by atoms with Crippen molar-refractivity contribution in [1.82, 2.24) is 9.88 Å². The molecule has 1 aliphatic heterocycles. The van der Waals surface area contributed by atoms with Gasteiger partial charge in [0.05, 0.1) is 4.88 Å². The van der Waals surface area contributed by atoms with Gasteiger partial charge < -0.3 is 10.2 Å². The molecule has 1 aromatic carbocycles. The van der Waals surface area contributed by atoms with Crippen LogP contribution in [-0.2, 0) is 11.2 Å². The number of carbonyl (C=O) groups is 2. The van der Waals surface area contributed by atoms with E-state index in [4.69, 9.17) is 11.6 Å². The molecule has 0 radical (unpaired) electrons. The number of aromatic nitrogens is 1. The predicted octanol–water partition coefficient (Wildman–Crippen LogP) is 4.94. The van der Waals surface area contributed by atoms with Gasteiger partial charge in [-0.3, -0.25) is 9.59 Å². The van der Waals surface area contributed by atoms with E-state index in [0.717, 1.165) is 20.3 Å². The summed E-state index contributed by atoms with van der Waals surface area (Å²) in [5.41, 5.74) is 1.04. The number of nitrogens with one attached hydrogen (secondary N) is 1. The smallest absolute Gasteiger partial charge is 0.263 e. The predicted molar refractivity (Wildman–Crippen MR) is 118 cm³/mol. The molecule has 150 valence electrons. The summed E-state index contributed by atoms with van der Waals surface area (Å²) in [5, 5.41) is 6.18. The molecule has 0 spiro atoms. The number of piperidine rings is 1. The van der Waals surface area contributed by atoms with E-state index in [1.807, 2.05) is 46.7 Å². The molecule has 3 aromatic rings. The Balaban J connectivity index is 1.30. The number of hydrogen-bond acceptors (Lipinski definition) is 5. The number of rotatable bonds is 5. The second-order valence-electron chi connectivity index (χ2n) is 6.93. The summed E-state index contributed by atoms with van der Waals surface area (Å²) in [6, 6.07) is 11.5. The maximum Gasteiger partial charge on any atom is 0.263 e. The maximum atomic E-state index is 12.6. The minimum absolute atomic E-state index is 0.0214. The molecule has 1 N–H and O–H groups in total. The fraction of sp³-hybridized carbons (Fsp3) is 0.286. The van der Waals surface area contributed by atoms with Crippen LogP contribution in [-0.4, -0.2) is 34.8 Å². The van der Waals surface area contributed by atoms with Gasteiger partial charge in [-0.2, -0.15) is 0 Å². The average molecular weight is 446 g/mol. The van der Waals surface area contributed by atoms with Gasteiger partial charge in [0.25, 0.3) is 5.91 Å². The number of carbonyl (C=O) groups excluding carboxylic acids is 2. The number of anilines is 1. The highest BCUT2D eigenvalue weighted by molar-refractivity contribution is 7.15. The minimum atomic E-state index is -0.0988. The van der Waals surface area contributed by atoms with Crippen LogP contribution in [0, 0.1) is 5.92 Å². The van der Waals surface area contributed by atoms with Gasteiger partial charge in [-0.1, -0.05) is 35.9 Å². The Morgan fingerprint density at radius 3 is 2.69 bits per heavy atom. The summed E-state index contributed by atoms with van der Waals surface area (Å²) in [6.45, 7) is 1.20. The van der Waals surface area contributed by atoms with Crippen LogP contribution in [0.3, 0.4) is 0 Å². The van der Waals surface area contributed by atoms with Crippen LogP contribution in [0.25, 0.3) is 0 Å². The van der Waals surface area contributed by atoms with Crippen LogP contribution < -0.4 is 5.32 Å². The van der Waals surface area contributed by atoms with Crippen molar-refractivity contribution in [3.63, 3.8) is 0 Å². The molecule has 0 atom stereocenters. The van der Waals surface area contributed by atoms with Gasteiger partial charge >= 0.3 is 0 Å². The highest BCUT2D eigenvalue weighted by atomic mass is 35.5. The zero-order valence-electron chi connectivity index (χ0n) is 15.6. The van der Waals surface area contributed by atoms with Crippen LogP contribution in [0.15, 0.2) is 48.0 Å². The van der Waals surface area contributed by atoms with Gasteiger partial charge in [0, 0.05) is 41.5 Å². The molecule has 0 saturated carbocycles. The van der Waals surface area contributed by atoms with Gasteiger partial charge in [-0.05, 0) is 35.9 Å². The standard InChI is InChI=1S/C21H20ClN3O2S2/c22-17-5-2-1-4-15(17)12-16-13-23-21(29-16)24-19(26)14-7-9-25(10-8-14)20(27)18-6-3-11-28-18/h1-6,11,13-14H,7-10,12H2,(H,23,24,26). The topological polar surface area (TPSA) is 62.3 Å². The number of hydrogen-bond donors (Lipinski definition) is 1. The van der Waals surface area contributed by atoms with Crippen molar-refractivity contribution >= 4 is 51.2 Å². The third kappa shape index (κ3) is 4.86. The molecule has 2 aromatic heterocycles. The van der Waals surface area contributed by atoms with E-state index in [2.05, 4.69) is 10.3 Å². The number of nitrogens with zero attached hydrogens (tertiary/aromatic N) is 2. The summed E-state index contributed by atoms with van der Waals surface area (Å²) >= 11 is 9.14. The Morgan fingerprint density at radius 2 is 1.97 bits per heavy atom. The average Bonchev–Trinajstić information content (AvgIpc) is 3.42. The van der Waals surface area contributed by atoms with Crippen molar-refractivity contribution in [2.45, 2.75) is 19.3 Å². The molecule has 1 fully saturated rings. The van der Waals surface area contributed by atoms with E-state index in [1.165, 1.54) is 22.7 Å². The Hall–Kier alpha value is -2.22.